The predicted molar refractivity (Wildman–Crippen MR) is 148 cm³/mol. The monoisotopic (exact) mass is 602 g/mol. The lowest BCUT2D eigenvalue weighted by molar-refractivity contribution is -0.137. The Balaban J connectivity index is 1.28. The summed E-state index contributed by atoms with van der Waals surface area (Å²) in [6, 6.07) is 8.69. The van der Waals surface area contributed by atoms with Crippen molar-refractivity contribution < 1.29 is 36.0 Å². The summed E-state index contributed by atoms with van der Waals surface area (Å²) in [6.07, 6.45) is 1.33. The zero-order valence-electron chi connectivity index (χ0n) is 22.9. The van der Waals surface area contributed by atoms with Gasteiger partial charge in [-0.15, -0.1) is 0 Å². The Morgan fingerprint density at radius 3 is 2.74 bits per heavy atom. The molecule has 226 valence electrons. The number of alkyl halides is 3. The molecule has 0 spiro atoms. The van der Waals surface area contributed by atoms with Crippen molar-refractivity contribution in [1.29, 1.82) is 0 Å². The number of nitrogens with one attached hydrogen (secondary N) is 1. The van der Waals surface area contributed by atoms with Gasteiger partial charge in [0.15, 0.2) is 17.5 Å². The van der Waals surface area contributed by atoms with Crippen LogP contribution in [-0.2, 0) is 17.5 Å². The van der Waals surface area contributed by atoms with Crippen molar-refractivity contribution in [2.45, 2.75) is 44.8 Å². The van der Waals surface area contributed by atoms with Crippen molar-refractivity contribution in [3.63, 3.8) is 0 Å². The number of rotatable bonds is 11. The zero-order chi connectivity index (χ0) is 30.7. The highest BCUT2D eigenvalue weighted by atomic mass is 19.4. The summed E-state index contributed by atoms with van der Waals surface area (Å²) >= 11 is 0. The number of fused-ring (bicyclic) bond motifs is 1. The van der Waals surface area contributed by atoms with Gasteiger partial charge < -0.3 is 19.6 Å². The van der Waals surface area contributed by atoms with E-state index in [9.17, 15) is 26.7 Å². The molecule has 0 saturated heterocycles. The highest BCUT2D eigenvalue weighted by Crippen LogP contribution is 2.40. The molecular formula is C29H27F5N6O3. The zero-order valence-corrected chi connectivity index (χ0v) is 22.9. The van der Waals surface area contributed by atoms with Crippen LogP contribution in [0.5, 0.6) is 5.75 Å². The molecule has 14 heteroatoms. The van der Waals surface area contributed by atoms with E-state index in [0.29, 0.717) is 30.9 Å². The minimum atomic E-state index is -4.68. The summed E-state index contributed by atoms with van der Waals surface area (Å²) in [5.41, 5.74) is 7.93. The van der Waals surface area contributed by atoms with Crippen molar-refractivity contribution in [3.05, 3.63) is 83.6 Å². The van der Waals surface area contributed by atoms with Crippen LogP contribution >= 0.6 is 0 Å². The number of amides is 1. The number of hydrogen-bond donors (Lipinski definition) is 2. The Morgan fingerprint density at radius 2 is 2.00 bits per heavy atom. The van der Waals surface area contributed by atoms with Gasteiger partial charge in [0, 0.05) is 24.4 Å². The summed E-state index contributed by atoms with van der Waals surface area (Å²) in [5, 5.41) is 5.11. The van der Waals surface area contributed by atoms with E-state index < -0.39 is 35.2 Å². The minimum absolute atomic E-state index is 0.0182. The third kappa shape index (κ3) is 6.32. The first-order valence-corrected chi connectivity index (χ1v) is 13.4. The number of primary amides is 1. The molecule has 2 aromatic heterocycles. The Bertz CT molecular complexity index is 1650. The topological polar surface area (TPSA) is 111 Å². The number of benzene rings is 2. The average molecular weight is 603 g/mol. The molecule has 1 amide bonds. The molecule has 1 unspecified atom stereocenters. The third-order valence-electron chi connectivity index (χ3n) is 6.83. The van der Waals surface area contributed by atoms with Gasteiger partial charge >= 0.3 is 6.18 Å². The molecule has 3 heterocycles. The van der Waals surface area contributed by atoms with Crippen LogP contribution in [-0.4, -0.2) is 27.2 Å². The maximum absolute atomic E-state index is 14.2. The molecule has 43 heavy (non-hydrogen) atoms. The molecular weight excluding hydrogens is 575 g/mol. The summed E-state index contributed by atoms with van der Waals surface area (Å²) in [5.74, 6) is -3.12. The predicted octanol–water partition coefficient (Wildman–Crippen LogP) is 6.49. The number of ether oxygens (including phenoxy) is 1. The van der Waals surface area contributed by atoms with E-state index >= 15 is 0 Å². The molecule has 0 fully saturated rings. The van der Waals surface area contributed by atoms with E-state index in [0.717, 1.165) is 12.1 Å². The number of carbonyl (C=O) groups excluding carboxylic acids is 1. The van der Waals surface area contributed by atoms with E-state index in [-0.39, 0.29) is 41.5 Å². The number of aryl methyl sites for hydroxylation is 1. The summed E-state index contributed by atoms with van der Waals surface area (Å²) in [7, 11) is 0. The van der Waals surface area contributed by atoms with Gasteiger partial charge in [-0.25, -0.2) is 13.8 Å². The average Bonchev–Trinajstić information content (AvgIpc) is 3.62. The van der Waals surface area contributed by atoms with Crippen LogP contribution in [0.2, 0.25) is 0 Å². The number of halogens is 5. The summed E-state index contributed by atoms with van der Waals surface area (Å²) < 4.78 is 81.9. The van der Waals surface area contributed by atoms with Crippen molar-refractivity contribution in [2.24, 2.45) is 5.73 Å². The Morgan fingerprint density at radius 1 is 1.19 bits per heavy atom. The largest absolute Gasteiger partial charge is 0.494 e. The molecule has 1 aliphatic heterocycles. The number of nitrogens with two attached hydrogens (primary N) is 1. The first kappa shape index (κ1) is 29.6. The van der Waals surface area contributed by atoms with E-state index in [2.05, 4.69) is 15.6 Å². The number of carbonyl (C=O) groups is 1. The second-order valence-corrected chi connectivity index (χ2v) is 9.81. The number of imidazole rings is 1. The molecule has 4 aromatic rings. The smallest absolute Gasteiger partial charge is 0.417 e. The Labute approximate surface area is 242 Å². The van der Waals surface area contributed by atoms with Gasteiger partial charge in [-0.2, -0.15) is 13.2 Å². The molecule has 9 nitrogen and oxygen atoms in total. The molecule has 3 N–H and O–H groups in total. The first-order chi connectivity index (χ1) is 20.6. The maximum Gasteiger partial charge on any atom is 0.417 e. The van der Waals surface area contributed by atoms with Gasteiger partial charge in [-0.1, -0.05) is 18.1 Å². The number of aromatic nitrogens is 3. The fourth-order valence-electron chi connectivity index (χ4n) is 4.71. The van der Waals surface area contributed by atoms with Gasteiger partial charge in [0.25, 0.3) is 0 Å². The van der Waals surface area contributed by atoms with E-state index in [4.69, 9.17) is 15.0 Å². The Hall–Kier alpha value is -4.88. The SMILES string of the molecule is CCCOc1ccc(-c2cc(C(CCCn3cnc4c3C=CN(c3cccc(F)c3F)N4)C(N)=O)on2)c(C(F)(F)F)c1. The quantitative estimate of drug-likeness (QED) is 0.189. The van der Waals surface area contributed by atoms with Crippen LogP contribution in [0.4, 0.5) is 33.5 Å². The van der Waals surface area contributed by atoms with E-state index in [1.165, 1.54) is 41.5 Å². The fraction of sp³-hybridized carbons (Fsp3) is 0.276. The normalized spacial score (nSPS) is 13.5. The maximum atomic E-state index is 14.2. The highest BCUT2D eigenvalue weighted by molar-refractivity contribution is 5.81. The molecule has 1 atom stereocenters. The third-order valence-corrected chi connectivity index (χ3v) is 6.83. The number of hydrazine groups is 1. The summed E-state index contributed by atoms with van der Waals surface area (Å²) in [4.78, 5) is 16.6. The minimum Gasteiger partial charge on any atom is -0.494 e. The lowest BCUT2D eigenvalue weighted by Crippen LogP contribution is -2.28. The fourth-order valence-corrected chi connectivity index (χ4v) is 4.71. The molecule has 5 rings (SSSR count). The van der Waals surface area contributed by atoms with E-state index in [1.807, 2.05) is 6.92 Å². The lowest BCUT2D eigenvalue weighted by Gasteiger charge is -2.25. The molecule has 2 aromatic carbocycles. The van der Waals surface area contributed by atoms with Crippen LogP contribution in [0, 0.1) is 11.6 Å². The lowest BCUT2D eigenvalue weighted by atomic mass is 9.97. The molecule has 0 saturated carbocycles. The van der Waals surface area contributed by atoms with Crippen LogP contribution in [0.25, 0.3) is 17.3 Å². The number of hydrogen-bond acceptors (Lipinski definition) is 7. The number of nitrogens with zero attached hydrogens (tertiary/aromatic N) is 4. The van der Waals surface area contributed by atoms with Gasteiger partial charge in [0.05, 0.1) is 30.1 Å². The highest BCUT2D eigenvalue weighted by Gasteiger charge is 2.35. The number of anilines is 2. The summed E-state index contributed by atoms with van der Waals surface area (Å²) in [6.45, 7) is 2.51. The van der Waals surface area contributed by atoms with Gasteiger partial charge in [0.1, 0.15) is 22.9 Å². The van der Waals surface area contributed by atoms with Crippen LogP contribution in [0.15, 0.2) is 59.5 Å². The van der Waals surface area contributed by atoms with Gasteiger partial charge in [0.2, 0.25) is 5.91 Å². The van der Waals surface area contributed by atoms with Crippen molar-refractivity contribution >= 4 is 23.5 Å². The van der Waals surface area contributed by atoms with Crippen LogP contribution in [0.3, 0.4) is 0 Å². The second kappa shape index (κ2) is 12.2. The molecule has 0 radical (unpaired) electrons. The second-order valence-electron chi connectivity index (χ2n) is 9.81. The van der Waals surface area contributed by atoms with Crippen LogP contribution < -0.4 is 20.9 Å². The molecule has 1 aliphatic rings. The van der Waals surface area contributed by atoms with Crippen molar-refractivity contribution in [1.82, 2.24) is 14.7 Å². The van der Waals surface area contributed by atoms with E-state index in [1.54, 1.807) is 17.0 Å². The standard InChI is InChI=1S/C29H27F5N6O3/c1-2-13-42-17-8-9-18(20(14-17)29(32,33)34)22-15-25(43-38-22)19(27(35)41)5-4-11-39-16-36-28-24(39)10-12-40(37-28)23-7-3-6-21(30)26(23)31/h3,6-10,12,14-16,19,37H,2,4-5,11,13H2,1H3,(H2,35,41). The Kier molecular flexibility index (Phi) is 8.37. The van der Waals surface area contributed by atoms with Crippen LogP contribution in [0.1, 0.15) is 49.1 Å². The first-order valence-electron chi connectivity index (χ1n) is 13.4. The molecule has 0 bridgehead atoms. The van der Waals surface area contributed by atoms with Crippen molar-refractivity contribution in [3.8, 4) is 17.0 Å². The van der Waals surface area contributed by atoms with Gasteiger partial charge in [-0.3, -0.25) is 15.2 Å². The van der Waals surface area contributed by atoms with Gasteiger partial charge in [-0.05, 0) is 55.7 Å². The molecule has 0 aliphatic carbocycles. The van der Waals surface area contributed by atoms with Crippen molar-refractivity contribution in [2.75, 3.05) is 17.0 Å².